The number of hydrogen-bond acceptors (Lipinski definition) is 4. The molecule has 0 bridgehead atoms. The van der Waals surface area contributed by atoms with E-state index in [0.29, 0.717) is 21.3 Å². The molecule has 2 aromatic heterocycles. The smallest absolute Gasteiger partial charge is 0.271 e. The first-order valence-corrected chi connectivity index (χ1v) is 8.78. The summed E-state index contributed by atoms with van der Waals surface area (Å²) < 4.78 is 1.53. The lowest BCUT2D eigenvalue weighted by Crippen LogP contribution is -2.34. The maximum Gasteiger partial charge on any atom is 0.271 e. The summed E-state index contributed by atoms with van der Waals surface area (Å²) in [7, 11) is 0. The normalized spacial score (nSPS) is 10.4. The van der Waals surface area contributed by atoms with E-state index >= 15 is 0 Å². The number of nitrogens with one attached hydrogen (secondary N) is 2. The number of aromatic nitrogens is 3. The number of halogens is 2. The molecule has 0 fully saturated rings. The van der Waals surface area contributed by atoms with Crippen LogP contribution in [0.4, 0.5) is 0 Å². The fraction of sp³-hybridized carbons (Fsp3) is 0.111. The van der Waals surface area contributed by atoms with Crippen molar-refractivity contribution in [3.05, 3.63) is 76.3 Å². The molecule has 0 spiro atoms. The molecular formula is C18H15Cl2N5O2. The van der Waals surface area contributed by atoms with Crippen molar-refractivity contribution >= 4 is 35.0 Å². The van der Waals surface area contributed by atoms with Gasteiger partial charge in [0, 0.05) is 31.7 Å². The summed E-state index contributed by atoms with van der Waals surface area (Å²) in [5.41, 5.74) is 1.40. The van der Waals surface area contributed by atoms with Crippen molar-refractivity contribution in [1.82, 2.24) is 25.4 Å². The predicted octanol–water partition coefficient (Wildman–Crippen LogP) is 2.73. The minimum atomic E-state index is -0.343. The first-order chi connectivity index (χ1) is 13.0. The fourth-order valence-corrected chi connectivity index (χ4v) is 2.55. The zero-order valence-corrected chi connectivity index (χ0v) is 15.5. The van der Waals surface area contributed by atoms with Crippen molar-refractivity contribution in [1.29, 1.82) is 0 Å². The summed E-state index contributed by atoms with van der Waals surface area (Å²) in [5.74, 6) is -0.592. The van der Waals surface area contributed by atoms with E-state index in [1.165, 1.54) is 10.9 Å². The molecule has 3 rings (SSSR count). The standard InChI is InChI=1S/C18H15Cl2N5O2/c19-14-4-3-13(10-15(14)20)25-9-5-16(24-25)18(27)23-8-7-22-17(26)12-2-1-6-21-11-12/h1-6,9-11H,7-8H2,(H,22,26)(H,23,27). The fourth-order valence-electron chi connectivity index (χ4n) is 2.26. The van der Waals surface area contributed by atoms with Crippen LogP contribution in [0.3, 0.4) is 0 Å². The number of carbonyl (C=O) groups excluding carboxylic acids is 2. The molecule has 0 aliphatic rings. The highest BCUT2D eigenvalue weighted by atomic mass is 35.5. The Balaban J connectivity index is 1.51. The monoisotopic (exact) mass is 403 g/mol. The summed E-state index contributed by atoms with van der Waals surface area (Å²) in [6, 6.07) is 10.00. The van der Waals surface area contributed by atoms with Crippen molar-refractivity contribution in [2.75, 3.05) is 13.1 Å². The molecule has 2 heterocycles. The Morgan fingerprint density at radius 1 is 1.00 bits per heavy atom. The van der Waals surface area contributed by atoms with Gasteiger partial charge in [-0.15, -0.1) is 0 Å². The van der Waals surface area contributed by atoms with E-state index in [1.54, 1.807) is 48.8 Å². The lowest BCUT2D eigenvalue weighted by Gasteiger charge is -2.06. The maximum absolute atomic E-state index is 12.2. The topological polar surface area (TPSA) is 88.9 Å². The van der Waals surface area contributed by atoms with Gasteiger partial charge in [0.15, 0.2) is 5.69 Å². The molecule has 0 saturated heterocycles. The molecule has 9 heteroatoms. The van der Waals surface area contributed by atoms with Crippen LogP contribution >= 0.6 is 23.2 Å². The Hall–Kier alpha value is -2.90. The van der Waals surface area contributed by atoms with E-state index in [9.17, 15) is 9.59 Å². The molecule has 7 nitrogen and oxygen atoms in total. The predicted molar refractivity (Wildman–Crippen MR) is 102 cm³/mol. The summed E-state index contributed by atoms with van der Waals surface area (Å²) in [6.07, 6.45) is 4.72. The molecule has 2 amide bonds. The molecule has 0 atom stereocenters. The molecule has 0 saturated carbocycles. The number of pyridine rings is 1. The minimum absolute atomic E-state index is 0.249. The van der Waals surface area contributed by atoms with Crippen molar-refractivity contribution in [2.24, 2.45) is 0 Å². The number of nitrogens with zero attached hydrogens (tertiary/aromatic N) is 3. The third kappa shape index (κ3) is 4.84. The van der Waals surface area contributed by atoms with Crippen molar-refractivity contribution in [3.63, 3.8) is 0 Å². The number of benzene rings is 1. The zero-order chi connectivity index (χ0) is 19.2. The number of carbonyl (C=O) groups is 2. The average molecular weight is 404 g/mol. The second-order valence-corrected chi connectivity index (χ2v) is 6.31. The van der Waals surface area contributed by atoms with Crippen molar-refractivity contribution < 1.29 is 9.59 Å². The minimum Gasteiger partial charge on any atom is -0.350 e. The Kier molecular flexibility index (Phi) is 6.05. The summed E-state index contributed by atoms with van der Waals surface area (Å²) in [4.78, 5) is 27.9. The molecule has 2 N–H and O–H groups in total. The maximum atomic E-state index is 12.2. The Morgan fingerprint density at radius 3 is 2.48 bits per heavy atom. The quantitative estimate of drug-likeness (QED) is 0.619. The first kappa shape index (κ1) is 18.9. The van der Waals surface area contributed by atoms with E-state index in [1.807, 2.05) is 0 Å². The van der Waals surface area contributed by atoms with E-state index in [-0.39, 0.29) is 30.6 Å². The van der Waals surface area contributed by atoms with Gasteiger partial charge in [0.25, 0.3) is 11.8 Å². The second kappa shape index (κ2) is 8.66. The molecular weight excluding hydrogens is 389 g/mol. The van der Waals surface area contributed by atoms with Gasteiger partial charge in [-0.1, -0.05) is 23.2 Å². The van der Waals surface area contributed by atoms with E-state index < -0.39 is 0 Å². The lowest BCUT2D eigenvalue weighted by atomic mass is 10.3. The molecule has 0 aliphatic heterocycles. The van der Waals surface area contributed by atoms with Crippen LogP contribution in [0.25, 0.3) is 5.69 Å². The van der Waals surface area contributed by atoms with Crippen LogP contribution in [-0.2, 0) is 0 Å². The van der Waals surface area contributed by atoms with Gasteiger partial charge in [-0.3, -0.25) is 14.6 Å². The molecule has 138 valence electrons. The van der Waals surface area contributed by atoms with Gasteiger partial charge in [0.1, 0.15) is 0 Å². The molecule has 3 aromatic rings. The van der Waals surface area contributed by atoms with Gasteiger partial charge in [0.2, 0.25) is 0 Å². The molecule has 27 heavy (non-hydrogen) atoms. The van der Waals surface area contributed by atoms with Gasteiger partial charge in [-0.05, 0) is 36.4 Å². The Morgan fingerprint density at radius 2 is 1.78 bits per heavy atom. The SMILES string of the molecule is O=C(NCCNC(=O)c1ccn(-c2ccc(Cl)c(Cl)c2)n1)c1cccnc1. The van der Waals surface area contributed by atoms with E-state index in [2.05, 4.69) is 20.7 Å². The number of amides is 2. The second-order valence-electron chi connectivity index (χ2n) is 5.50. The van der Waals surface area contributed by atoms with Crippen LogP contribution < -0.4 is 10.6 Å². The highest BCUT2D eigenvalue weighted by molar-refractivity contribution is 6.42. The molecule has 0 unspecified atom stereocenters. The highest BCUT2D eigenvalue weighted by Gasteiger charge is 2.11. The van der Waals surface area contributed by atoms with Gasteiger partial charge < -0.3 is 10.6 Å². The van der Waals surface area contributed by atoms with Gasteiger partial charge in [0.05, 0.1) is 21.3 Å². The number of rotatable bonds is 6. The molecule has 0 aliphatic carbocycles. The Labute approximate surface area is 165 Å². The van der Waals surface area contributed by atoms with Gasteiger partial charge >= 0.3 is 0 Å². The van der Waals surface area contributed by atoms with Crippen LogP contribution in [0.1, 0.15) is 20.8 Å². The zero-order valence-electron chi connectivity index (χ0n) is 14.0. The highest BCUT2D eigenvalue weighted by Crippen LogP contribution is 2.24. The Bertz CT molecular complexity index is 959. The largest absolute Gasteiger partial charge is 0.350 e. The summed E-state index contributed by atoms with van der Waals surface area (Å²) in [5, 5.41) is 10.5. The molecule has 0 radical (unpaired) electrons. The first-order valence-electron chi connectivity index (χ1n) is 8.02. The van der Waals surface area contributed by atoms with Gasteiger partial charge in [-0.2, -0.15) is 5.10 Å². The summed E-state index contributed by atoms with van der Waals surface area (Å²) >= 11 is 11.9. The van der Waals surface area contributed by atoms with Crippen LogP contribution in [0.5, 0.6) is 0 Å². The van der Waals surface area contributed by atoms with Crippen LogP contribution in [0.15, 0.2) is 55.0 Å². The average Bonchev–Trinajstić information content (AvgIpc) is 3.18. The molecule has 1 aromatic carbocycles. The van der Waals surface area contributed by atoms with E-state index in [4.69, 9.17) is 23.2 Å². The third-order valence-corrected chi connectivity index (χ3v) is 4.35. The number of hydrogen-bond donors (Lipinski definition) is 2. The van der Waals surface area contributed by atoms with Crippen LogP contribution in [0, 0.1) is 0 Å². The van der Waals surface area contributed by atoms with Crippen molar-refractivity contribution in [2.45, 2.75) is 0 Å². The van der Waals surface area contributed by atoms with Crippen LogP contribution in [-0.4, -0.2) is 39.7 Å². The summed E-state index contributed by atoms with van der Waals surface area (Å²) in [6.45, 7) is 0.553. The third-order valence-electron chi connectivity index (χ3n) is 3.61. The van der Waals surface area contributed by atoms with Gasteiger partial charge in [-0.25, -0.2) is 4.68 Å². The van der Waals surface area contributed by atoms with Crippen LogP contribution in [0.2, 0.25) is 10.0 Å². The lowest BCUT2D eigenvalue weighted by molar-refractivity contribution is 0.0924. The van der Waals surface area contributed by atoms with Crippen molar-refractivity contribution in [3.8, 4) is 5.69 Å². The van der Waals surface area contributed by atoms with E-state index in [0.717, 1.165) is 0 Å².